The van der Waals surface area contributed by atoms with Crippen molar-refractivity contribution in [2.24, 2.45) is 0 Å². The molecule has 0 spiro atoms. The van der Waals surface area contributed by atoms with Crippen LogP contribution < -0.4 is 9.62 Å². The number of para-hydroxylation sites is 1. The summed E-state index contributed by atoms with van der Waals surface area (Å²) in [5.74, 6) is -0.760. The fourth-order valence-corrected chi connectivity index (χ4v) is 6.45. The molecule has 0 heterocycles. The Labute approximate surface area is 261 Å². The largest absolute Gasteiger partial charge is 0.352 e. The fourth-order valence-electron chi connectivity index (χ4n) is 4.97. The van der Waals surface area contributed by atoms with Crippen LogP contribution in [0, 0.1) is 13.8 Å². The molecule has 0 radical (unpaired) electrons. The lowest BCUT2D eigenvalue weighted by atomic mass is 10.0. The maximum absolute atomic E-state index is 14.5. The Morgan fingerprint density at radius 1 is 0.773 bits per heavy atom. The van der Waals surface area contributed by atoms with E-state index in [0.29, 0.717) is 11.3 Å². The number of sulfonamides is 1. The minimum absolute atomic E-state index is 0.0871. The first-order valence-corrected chi connectivity index (χ1v) is 16.4. The zero-order valence-electron chi connectivity index (χ0n) is 25.8. The smallest absolute Gasteiger partial charge is 0.264 e. The van der Waals surface area contributed by atoms with Crippen LogP contribution in [-0.4, -0.2) is 43.8 Å². The average Bonchev–Trinajstić information content (AvgIpc) is 3.03. The fraction of sp³-hybridized carbons (Fsp3) is 0.278. The first-order valence-electron chi connectivity index (χ1n) is 14.9. The van der Waals surface area contributed by atoms with E-state index in [1.165, 1.54) is 9.21 Å². The predicted octanol–water partition coefficient (Wildman–Crippen LogP) is 6.05. The van der Waals surface area contributed by atoms with E-state index in [0.717, 1.165) is 23.1 Å². The quantitative estimate of drug-likeness (QED) is 0.199. The van der Waals surface area contributed by atoms with Crippen molar-refractivity contribution in [1.82, 2.24) is 10.2 Å². The van der Waals surface area contributed by atoms with Crippen LogP contribution in [-0.2, 0) is 32.6 Å². The van der Waals surface area contributed by atoms with E-state index in [1.54, 1.807) is 36.4 Å². The van der Waals surface area contributed by atoms with Crippen LogP contribution in [0.3, 0.4) is 0 Å². The molecule has 2 amide bonds. The highest BCUT2D eigenvalue weighted by atomic mass is 32.2. The molecule has 1 N–H and O–H groups in total. The standard InChI is InChI=1S/C36H41N3O4S/c1-5-29(4)37-36(41)34(24-30-15-8-6-9-16-30)38(25-31-17-10-7-11-18-31)35(40)26-39(33-19-13-12-14-28(33)3)44(42,43)32-22-20-27(2)21-23-32/h6-23,29,34H,5,24-26H2,1-4H3,(H,37,41)/t29-,34+/m0/s1. The van der Waals surface area contributed by atoms with E-state index in [4.69, 9.17) is 0 Å². The molecule has 230 valence electrons. The van der Waals surface area contributed by atoms with Crippen LogP contribution >= 0.6 is 0 Å². The highest BCUT2D eigenvalue weighted by molar-refractivity contribution is 7.92. The maximum atomic E-state index is 14.5. The minimum Gasteiger partial charge on any atom is -0.352 e. The first-order chi connectivity index (χ1) is 21.1. The third-order valence-corrected chi connectivity index (χ3v) is 9.51. The summed E-state index contributed by atoms with van der Waals surface area (Å²) in [5.41, 5.74) is 3.77. The summed E-state index contributed by atoms with van der Waals surface area (Å²) in [5, 5.41) is 3.06. The predicted molar refractivity (Wildman–Crippen MR) is 176 cm³/mol. The number of aryl methyl sites for hydroxylation is 2. The molecule has 2 atom stereocenters. The normalized spacial score (nSPS) is 12.6. The van der Waals surface area contributed by atoms with Gasteiger partial charge in [0.2, 0.25) is 11.8 Å². The topological polar surface area (TPSA) is 86.8 Å². The number of anilines is 1. The maximum Gasteiger partial charge on any atom is 0.264 e. The van der Waals surface area contributed by atoms with Gasteiger partial charge in [0.25, 0.3) is 10.0 Å². The van der Waals surface area contributed by atoms with E-state index in [9.17, 15) is 18.0 Å². The number of amides is 2. The Balaban J connectivity index is 1.80. The summed E-state index contributed by atoms with van der Waals surface area (Å²) in [7, 11) is -4.14. The summed E-state index contributed by atoms with van der Waals surface area (Å²) in [6, 6.07) is 31.7. The van der Waals surface area contributed by atoms with Crippen molar-refractivity contribution in [3.63, 3.8) is 0 Å². The van der Waals surface area contributed by atoms with Crippen molar-refractivity contribution in [2.75, 3.05) is 10.8 Å². The van der Waals surface area contributed by atoms with Gasteiger partial charge in [-0.05, 0) is 62.1 Å². The molecule has 0 fully saturated rings. The molecule has 0 saturated heterocycles. The van der Waals surface area contributed by atoms with E-state index in [1.807, 2.05) is 100 Å². The SMILES string of the molecule is CC[C@H](C)NC(=O)[C@@H](Cc1ccccc1)N(Cc1ccccc1)C(=O)CN(c1ccccc1C)S(=O)(=O)c1ccc(C)cc1. The van der Waals surface area contributed by atoms with E-state index in [-0.39, 0.29) is 29.8 Å². The lowest BCUT2D eigenvalue weighted by molar-refractivity contribution is -0.140. The van der Waals surface area contributed by atoms with Crippen LogP contribution in [0.25, 0.3) is 0 Å². The molecule has 0 saturated carbocycles. The monoisotopic (exact) mass is 611 g/mol. The minimum atomic E-state index is -4.14. The summed E-state index contributed by atoms with van der Waals surface area (Å²) in [4.78, 5) is 30.0. The first kappa shape index (κ1) is 32.5. The van der Waals surface area contributed by atoms with E-state index >= 15 is 0 Å². The zero-order chi connectivity index (χ0) is 31.7. The molecular formula is C36H41N3O4S. The number of nitrogens with zero attached hydrogens (tertiary/aromatic N) is 2. The number of hydrogen-bond acceptors (Lipinski definition) is 4. The van der Waals surface area contributed by atoms with Crippen LogP contribution in [0.2, 0.25) is 0 Å². The van der Waals surface area contributed by atoms with Crippen molar-refractivity contribution in [3.8, 4) is 0 Å². The lowest BCUT2D eigenvalue weighted by Gasteiger charge is -2.34. The number of carbonyl (C=O) groups is 2. The van der Waals surface area contributed by atoms with Crippen molar-refractivity contribution >= 4 is 27.5 Å². The Bertz CT molecular complexity index is 1640. The van der Waals surface area contributed by atoms with Crippen molar-refractivity contribution < 1.29 is 18.0 Å². The highest BCUT2D eigenvalue weighted by Crippen LogP contribution is 2.28. The summed E-state index contributed by atoms with van der Waals surface area (Å²) >= 11 is 0. The van der Waals surface area contributed by atoms with Crippen molar-refractivity contribution in [3.05, 3.63) is 131 Å². The van der Waals surface area contributed by atoms with Gasteiger partial charge in [0.15, 0.2) is 0 Å². The third-order valence-electron chi connectivity index (χ3n) is 7.74. The molecule has 0 bridgehead atoms. The van der Waals surface area contributed by atoms with Gasteiger partial charge in [-0.3, -0.25) is 13.9 Å². The van der Waals surface area contributed by atoms with E-state index < -0.39 is 28.5 Å². The Morgan fingerprint density at radius 3 is 1.93 bits per heavy atom. The van der Waals surface area contributed by atoms with Gasteiger partial charge in [-0.1, -0.05) is 103 Å². The zero-order valence-corrected chi connectivity index (χ0v) is 26.6. The second-order valence-electron chi connectivity index (χ2n) is 11.1. The van der Waals surface area contributed by atoms with Gasteiger partial charge in [0.05, 0.1) is 10.6 Å². The number of nitrogens with one attached hydrogen (secondary N) is 1. The molecule has 7 nitrogen and oxygen atoms in total. The lowest BCUT2D eigenvalue weighted by Crippen LogP contribution is -2.54. The van der Waals surface area contributed by atoms with Gasteiger partial charge in [-0.25, -0.2) is 8.42 Å². The Hall–Kier alpha value is -4.43. The Kier molecular flexibility index (Phi) is 11.0. The number of benzene rings is 4. The molecule has 4 aromatic rings. The van der Waals surface area contributed by atoms with Crippen molar-refractivity contribution in [2.45, 2.75) is 64.1 Å². The van der Waals surface area contributed by atoms with Crippen LogP contribution in [0.4, 0.5) is 5.69 Å². The summed E-state index contributed by atoms with van der Waals surface area (Å²) < 4.78 is 29.5. The molecule has 4 rings (SSSR count). The molecule has 44 heavy (non-hydrogen) atoms. The molecule has 0 aliphatic rings. The second-order valence-corrected chi connectivity index (χ2v) is 13.0. The number of hydrogen-bond donors (Lipinski definition) is 1. The van der Waals surface area contributed by atoms with Crippen LogP contribution in [0.5, 0.6) is 0 Å². The van der Waals surface area contributed by atoms with Gasteiger partial charge in [-0.15, -0.1) is 0 Å². The van der Waals surface area contributed by atoms with Gasteiger partial charge in [0, 0.05) is 19.0 Å². The Morgan fingerprint density at radius 2 is 1.34 bits per heavy atom. The molecule has 0 aliphatic heterocycles. The van der Waals surface area contributed by atoms with Crippen LogP contribution in [0.15, 0.2) is 114 Å². The number of rotatable bonds is 13. The molecule has 0 aliphatic carbocycles. The second kappa shape index (κ2) is 14.8. The third kappa shape index (κ3) is 8.14. The molecular weight excluding hydrogens is 570 g/mol. The van der Waals surface area contributed by atoms with Gasteiger partial charge < -0.3 is 10.2 Å². The molecule has 0 unspecified atom stereocenters. The van der Waals surface area contributed by atoms with E-state index in [2.05, 4.69) is 5.32 Å². The van der Waals surface area contributed by atoms with Gasteiger partial charge in [0.1, 0.15) is 12.6 Å². The number of carbonyl (C=O) groups excluding carboxylic acids is 2. The van der Waals surface area contributed by atoms with Gasteiger partial charge >= 0.3 is 0 Å². The molecule has 0 aromatic heterocycles. The van der Waals surface area contributed by atoms with Crippen molar-refractivity contribution in [1.29, 1.82) is 0 Å². The average molecular weight is 612 g/mol. The summed E-state index contributed by atoms with van der Waals surface area (Å²) in [6.07, 6.45) is 1.00. The van der Waals surface area contributed by atoms with Gasteiger partial charge in [-0.2, -0.15) is 0 Å². The van der Waals surface area contributed by atoms with Crippen LogP contribution in [0.1, 0.15) is 42.5 Å². The molecule has 4 aromatic carbocycles. The molecule has 8 heteroatoms. The summed E-state index contributed by atoms with van der Waals surface area (Å²) in [6.45, 7) is 7.27. The highest BCUT2D eigenvalue weighted by Gasteiger charge is 2.35.